The largest absolute Gasteiger partial charge is 0.247 e. The molecule has 1 atom stereocenters. The standard InChI is InChI=1S/C13H21NS2/c1-4-5-12(8-15)9-16-13-7-10(2)6-11(3)14-13/h6-7,12,15H,4-5,8-9H2,1-3H3. The predicted octanol–water partition coefficient (Wildman–Crippen LogP) is 4.14. The van der Waals surface area contributed by atoms with E-state index in [0.717, 1.165) is 22.2 Å². The van der Waals surface area contributed by atoms with Crippen molar-refractivity contribution in [1.82, 2.24) is 4.98 Å². The molecule has 0 aromatic carbocycles. The molecule has 0 saturated heterocycles. The molecule has 0 saturated carbocycles. The summed E-state index contributed by atoms with van der Waals surface area (Å²) < 4.78 is 0. The first-order chi connectivity index (χ1) is 7.65. The Morgan fingerprint density at radius 2 is 2.12 bits per heavy atom. The van der Waals surface area contributed by atoms with Gasteiger partial charge in [-0.25, -0.2) is 4.98 Å². The summed E-state index contributed by atoms with van der Waals surface area (Å²) in [6.45, 7) is 6.41. The fourth-order valence-corrected chi connectivity index (χ4v) is 3.37. The summed E-state index contributed by atoms with van der Waals surface area (Å²) in [5.74, 6) is 2.82. The molecule has 90 valence electrons. The number of rotatable bonds is 6. The topological polar surface area (TPSA) is 12.9 Å². The number of hydrogen-bond donors (Lipinski definition) is 1. The van der Waals surface area contributed by atoms with Gasteiger partial charge in [0, 0.05) is 11.4 Å². The van der Waals surface area contributed by atoms with E-state index in [9.17, 15) is 0 Å². The van der Waals surface area contributed by atoms with Gasteiger partial charge in [0.05, 0.1) is 5.03 Å². The molecule has 0 fully saturated rings. The van der Waals surface area contributed by atoms with Crippen molar-refractivity contribution in [1.29, 1.82) is 0 Å². The van der Waals surface area contributed by atoms with Crippen LogP contribution in [0.2, 0.25) is 0 Å². The second kappa shape index (κ2) is 7.23. The van der Waals surface area contributed by atoms with Gasteiger partial charge in [0.25, 0.3) is 0 Å². The second-order valence-electron chi connectivity index (χ2n) is 4.27. The molecular weight excluding hydrogens is 234 g/mol. The predicted molar refractivity (Wildman–Crippen MR) is 76.7 cm³/mol. The fraction of sp³-hybridized carbons (Fsp3) is 0.615. The van der Waals surface area contributed by atoms with Crippen LogP contribution < -0.4 is 0 Å². The van der Waals surface area contributed by atoms with E-state index in [1.165, 1.54) is 18.4 Å². The number of aromatic nitrogens is 1. The SMILES string of the molecule is CCCC(CS)CSc1cc(C)cc(C)n1. The zero-order valence-corrected chi connectivity index (χ0v) is 12.1. The van der Waals surface area contributed by atoms with E-state index >= 15 is 0 Å². The molecule has 0 spiro atoms. The minimum atomic E-state index is 0.709. The second-order valence-corrected chi connectivity index (χ2v) is 5.68. The van der Waals surface area contributed by atoms with Crippen LogP contribution in [0.3, 0.4) is 0 Å². The summed E-state index contributed by atoms with van der Waals surface area (Å²) in [5, 5.41) is 1.15. The molecule has 1 nitrogen and oxygen atoms in total. The lowest BCUT2D eigenvalue weighted by atomic mass is 10.1. The molecule has 0 bridgehead atoms. The lowest BCUT2D eigenvalue weighted by molar-refractivity contribution is 0.595. The third kappa shape index (κ3) is 4.79. The van der Waals surface area contributed by atoms with Crippen molar-refractivity contribution in [2.75, 3.05) is 11.5 Å². The van der Waals surface area contributed by atoms with Gasteiger partial charge in [-0.05, 0) is 49.6 Å². The van der Waals surface area contributed by atoms with Crippen LogP contribution in [0.4, 0.5) is 0 Å². The van der Waals surface area contributed by atoms with Crippen molar-refractivity contribution in [3.05, 3.63) is 23.4 Å². The lowest BCUT2D eigenvalue weighted by Crippen LogP contribution is -2.05. The first-order valence-electron chi connectivity index (χ1n) is 5.84. The third-order valence-electron chi connectivity index (χ3n) is 2.50. The Bertz CT molecular complexity index is 305. The summed E-state index contributed by atoms with van der Waals surface area (Å²) in [6, 6.07) is 4.28. The summed E-state index contributed by atoms with van der Waals surface area (Å²) in [7, 11) is 0. The highest BCUT2D eigenvalue weighted by molar-refractivity contribution is 7.99. The number of nitrogens with zero attached hydrogens (tertiary/aromatic N) is 1. The highest BCUT2D eigenvalue weighted by Gasteiger charge is 2.07. The van der Waals surface area contributed by atoms with Gasteiger partial charge in [-0.3, -0.25) is 0 Å². The summed E-state index contributed by atoms with van der Waals surface area (Å²) >= 11 is 6.26. The van der Waals surface area contributed by atoms with Gasteiger partial charge in [-0.2, -0.15) is 12.6 Å². The van der Waals surface area contributed by atoms with Crippen LogP contribution in [0.5, 0.6) is 0 Å². The quantitative estimate of drug-likeness (QED) is 0.606. The molecule has 0 aliphatic rings. The Hall–Kier alpha value is -0.150. The average molecular weight is 255 g/mol. The summed E-state index contributed by atoms with van der Waals surface area (Å²) in [6.07, 6.45) is 2.51. The molecule has 0 aliphatic heterocycles. The van der Waals surface area contributed by atoms with Gasteiger partial charge in [-0.1, -0.05) is 13.3 Å². The van der Waals surface area contributed by atoms with E-state index < -0.39 is 0 Å². The van der Waals surface area contributed by atoms with E-state index in [0.29, 0.717) is 5.92 Å². The maximum Gasteiger partial charge on any atom is 0.0965 e. The molecule has 16 heavy (non-hydrogen) atoms. The zero-order chi connectivity index (χ0) is 12.0. The molecule has 0 amide bonds. The van der Waals surface area contributed by atoms with Crippen LogP contribution in [-0.4, -0.2) is 16.5 Å². The van der Waals surface area contributed by atoms with Crippen LogP contribution in [0, 0.1) is 19.8 Å². The Balaban J connectivity index is 2.52. The molecule has 1 aromatic heterocycles. The van der Waals surface area contributed by atoms with Crippen molar-refractivity contribution < 1.29 is 0 Å². The van der Waals surface area contributed by atoms with Crippen LogP contribution >= 0.6 is 24.4 Å². The maximum atomic E-state index is 4.54. The monoisotopic (exact) mass is 255 g/mol. The lowest BCUT2D eigenvalue weighted by Gasteiger charge is -2.12. The molecule has 3 heteroatoms. The Labute approximate surface area is 109 Å². The van der Waals surface area contributed by atoms with Gasteiger partial charge in [0.15, 0.2) is 0 Å². The Kier molecular flexibility index (Phi) is 6.29. The first-order valence-corrected chi connectivity index (χ1v) is 7.46. The number of aryl methyl sites for hydroxylation is 2. The molecule has 1 unspecified atom stereocenters. The third-order valence-corrected chi connectivity index (χ3v) is 4.16. The minimum absolute atomic E-state index is 0.709. The van der Waals surface area contributed by atoms with E-state index in [4.69, 9.17) is 0 Å². The van der Waals surface area contributed by atoms with Crippen molar-refractivity contribution in [2.45, 2.75) is 38.6 Å². The fourth-order valence-electron chi connectivity index (χ4n) is 1.72. The molecule has 1 rings (SSSR count). The smallest absolute Gasteiger partial charge is 0.0965 e. The van der Waals surface area contributed by atoms with Crippen LogP contribution in [-0.2, 0) is 0 Å². The highest BCUT2D eigenvalue weighted by atomic mass is 32.2. The van der Waals surface area contributed by atoms with Gasteiger partial charge < -0.3 is 0 Å². The molecule has 0 aliphatic carbocycles. The first kappa shape index (κ1) is 13.9. The minimum Gasteiger partial charge on any atom is -0.247 e. The molecular formula is C13H21NS2. The van der Waals surface area contributed by atoms with Gasteiger partial charge >= 0.3 is 0 Å². The normalized spacial score (nSPS) is 12.8. The number of thioether (sulfide) groups is 1. The van der Waals surface area contributed by atoms with Crippen molar-refractivity contribution in [3.63, 3.8) is 0 Å². The van der Waals surface area contributed by atoms with Crippen molar-refractivity contribution in [2.24, 2.45) is 5.92 Å². The van der Waals surface area contributed by atoms with E-state index in [2.05, 4.69) is 50.5 Å². The molecule has 0 N–H and O–H groups in total. The summed E-state index contributed by atoms with van der Waals surface area (Å²) in [4.78, 5) is 4.54. The average Bonchev–Trinajstić information content (AvgIpc) is 2.23. The van der Waals surface area contributed by atoms with Gasteiger partial charge in [0.1, 0.15) is 0 Å². The Morgan fingerprint density at radius 3 is 2.69 bits per heavy atom. The van der Waals surface area contributed by atoms with Crippen molar-refractivity contribution >= 4 is 24.4 Å². The molecule has 0 radical (unpaired) electrons. The number of hydrogen-bond acceptors (Lipinski definition) is 3. The van der Waals surface area contributed by atoms with Crippen LogP contribution in [0.15, 0.2) is 17.2 Å². The van der Waals surface area contributed by atoms with E-state index in [1.54, 1.807) is 0 Å². The zero-order valence-electron chi connectivity index (χ0n) is 10.4. The van der Waals surface area contributed by atoms with Crippen LogP contribution in [0.25, 0.3) is 0 Å². The van der Waals surface area contributed by atoms with Gasteiger partial charge in [-0.15, -0.1) is 11.8 Å². The summed E-state index contributed by atoms with van der Waals surface area (Å²) in [5.41, 5.74) is 2.41. The molecule has 1 aromatic rings. The Morgan fingerprint density at radius 1 is 1.38 bits per heavy atom. The van der Waals surface area contributed by atoms with E-state index in [1.807, 2.05) is 11.8 Å². The van der Waals surface area contributed by atoms with Gasteiger partial charge in [0.2, 0.25) is 0 Å². The van der Waals surface area contributed by atoms with Crippen LogP contribution in [0.1, 0.15) is 31.0 Å². The molecule has 1 heterocycles. The highest BCUT2D eigenvalue weighted by Crippen LogP contribution is 2.23. The number of thiol groups is 1. The maximum absolute atomic E-state index is 4.54. The number of pyridine rings is 1. The van der Waals surface area contributed by atoms with Crippen molar-refractivity contribution in [3.8, 4) is 0 Å². The van der Waals surface area contributed by atoms with E-state index in [-0.39, 0.29) is 0 Å².